The third-order valence-electron chi connectivity index (χ3n) is 7.54. The standard InChI is InChI=1S/C25H21ClF3N3O3/c26-15-2-3-20-16(5-15)18(33)6-21(35-20)19(34)7-23-10-24(11-23,12-23)32-9-17(31-13-32)14-1-4-22(30-8-14)25(27,28)29/h1-5,8-9,13,18,21,33H,6-7,10-12H2/t18-,21-,23?,24?/m0/s1. The molecule has 0 unspecified atom stereocenters. The summed E-state index contributed by atoms with van der Waals surface area (Å²) in [6.07, 6.45) is 1.83. The first-order valence-electron chi connectivity index (χ1n) is 11.3. The Morgan fingerprint density at radius 1 is 1.20 bits per heavy atom. The zero-order valence-electron chi connectivity index (χ0n) is 18.4. The van der Waals surface area contributed by atoms with E-state index in [-0.39, 0.29) is 23.2 Å². The van der Waals surface area contributed by atoms with Crippen LogP contribution < -0.4 is 4.74 Å². The molecule has 3 saturated carbocycles. The number of carbonyl (C=O) groups excluding carboxylic acids is 1. The van der Waals surface area contributed by atoms with Crippen LogP contribution in [-0.2, 0) is 16.5 Å². The lowest BCUT2D eigenvalue weighted by atomic mass is 9.38. The highest BCUT2D eigenvalue weighted by atomic mass is 35.5. The topological polar surface area (TPSA) is 77.2 Å². The molecule has 3 aliphatic carbocycles. The van der Waals surface area contributed by atoms with Crippen molar-refractivity contribution in [1.82, 2.24) is 14.5 Å². The van der Waals surface area contributed by atoms with Gasteiger partial charge in [-0.2, -0.15) is 13.2 Å². The molecular weight excluding hydrogens is 483 g/mol. The maximum Gasteiger partial charge on any atom is 0.433 e. The number of Topliss-reactive ketones (excluding diaryl/α,β-unsaturated/α-hetero) is 1. The number of fused-ring (bicyclic) bond motifs is 1. The Kier molecular flexibility index (Phi) is 4.86. The van der Waals surface area contributed by atoms with E-state index in [1.54, 1.807) is 24.5 Å². The Hall–Kier alpha value is -2.91. The van der Waals surface area contributed by atoms with E-state index in [2.05, 4.69) is 9.97 Å². The molecule has 2 atom stereocenters. The molecule has 4 aliphatic rings. The number of hydrogen-bond acceptors (Lipinski definition) is 5. The van der Waals surface area contributed by atoms with Gasteiger partial charge in [0.25, 0.3) is 0 Å². The number of aliphatic hydroxyl groups excluding tert-OH is 1. The van der Waals surface area contributed by atoms with Crippen LogP contribution in [0.25, 0.3) is 11.3 Å². The molecule has 182 valence electrons. The van der Waals surface area contributed by atoms with Crippen molar-refractivity contribution in [2.45, 2.75) is 56.0 Å². The van der Waals surface area contributed by atoms with Gasteiger partial charge in [-0.1, -0.05) is 11.6 Å². The van der Waals surface area contributed by atoms with Gasteiger partial charge in [-0.25, -0.2) is 4.98 Å². The molecule has 35 heavy (non-hydrogen) atoms. The smallest absolute Gasteiger partial charge is 0.433 e. The molecule has 1 N–H and O–H groups in total. The van der Waals surface area contributed by atoms with Gasteiger partial charge in [0.1, 0.15) is 11.4 Å². The van der Waals surface area contributed by atoms with E-state index in [0.717, 1.165) is 25.3 Å². The minimum absolute atomic E-state index is 0.0138. The molecule has 0 amide bonds. The fourth-order valence-corrected chi connectivity index (χ4v) is 6.12. The molecule has 3 fully saturated rings. The number of pyridine rings is 1. The molecule has 3 aromatic rings. The predicted molar refractivity (Wildman–Crippen MR) is 120 cm³/mol. The summed E-state index contributed by atoms with van der Waals surface area (Å²) in [5.41, 5.74) is 0.554. The summed E-state index contributed by atoms with van der Waals surface area (Å²) < 4.78 is 46.2. The lowest BCUT2D eigenvalue weighted by Crippen LogP contribution is -2.68. The second-order valence-corrected chi connectivity index (χ2v) is 10.5. The zero-order valence-corrected chi connectivity index (χ0v) is 19.2. The highest BCUT2D eigenvalue weighted by Crippen LogP contribution is 2.73. The second kappa shape index (κ2) is 7.54. The van der Waals surface area contributed by atoms with Crippen molar-refractivity contribution >= 4 is 17.4 Å². The van der Waals surface area contributed by atoms with Crippen LogP contribution in [0.15, 0.2) is 49.1 Å². The van der Waals surface area contributed by atoms with E-state index in [1.165, 1.54) is 12.3 Å². The molecule has 3 heterocycles. The van der Waals surface area contributed by atoms with Crippen molar-refractivity contribution in [2.75, 3.05) is 0 Å². The molecule has 2 aromatic heterocycles. The minimum Gasteiger partial charge on any atom is -0.482 e. The molecule has 10 heteroatoms. The second-order valence-electron chi connectivity index (χ2n) is 10.0. The van der Waals surface area contributed by atoms with E-state index < -0.39 is 24.1 Å². The Morgan fingerprint density at radius 2 is 1.97 bits per heavy atom. The normalized spacial score (nSPS) is 28.9. The van der Waals surface area contributed by atoms with E-state index in [1.807, 2.05) is 10.8 Å². The van der Waals surface area contributed by atoms with Crippen molar-refractivity contribution in [1.29, 1.82) is 0 Å². The highest BCUT2D eigenvalue weighted by molar-refractivity contribution is 6.30. The van der Waals surface area contributed by atoms with Gasteiger partial charge in [-0.3, -0.25) is 9.78 Å². The molecule has 0 saturated heterocycles. The van der Waals surface area contributed by atoms with Crippen LogP contribution in [0, 0.1) is 5.41 Å². The van der Waals surface area contributed by atoms with Gasteiger partial charge in [-0.15, -0.1) is 0 Å². The highest BCUT2D eigenvalue weighted by Gasteiger charge is 2.69. The number of rotatable bonds is 5. The van der Waals surface area contributed by atoms with Gasteiger partial charge in [0.15, 0.2) is 11.9 Å². The van der Waals surface area contributed by atoms with Crippen molar-refractivity contribution < 1.29 is 27.8 Å². The number of carbonyl (C=O) groups is 1. The van der Waals surface area contributed by atoms with E-state index in [9.17, 15) is 23.1 Å². The van der Waals surface area contributed by atoms with E-state index in [4.69, 9.17) is 16.3 Å². The summed E-state index contributed by atoms with van der Waals surface area (Å²) in [6.45, 7) is 0. The molecule has 1 aliphatic heterocycles. The number of aliphatic hydroxyl groups is 1. The Bertz CT molecular complexity index is 1300. The number of benzene rings is 1. The summed E-state index contributed by atoms with van der Waals surface area (Å²) >= 11 is 6.00. The molecule has 2 bridgehead atoms. The third-order valence-corrected chi connectivity index (χ3v) is 7.77. The average molecular weight is 504 g/mol. The number of aromatic nitrogens is 3. The third kappa shape index (κ3) is 3.72. The summed E-state index contributed by atoms with van der Waals surface area (Å²) in [5, 5.41) is 11.0. The molecule has 1 aromatic carbocycles. The van der Waals surface area contributed by atoms with Crippen LogP contribution in [-0.4, -0.2) is 31.5 Å². The summed E-state index contributed by atoms with van der Waals surface area (Å²) in [6, 6.07) is 7.33. The zero-order chi connectivity index (χ0) is 24.6. The minimum atomic E-state index is -4.48. The van der Waals surface area contributed by atoms with Crippen LogP contribution in [0.1, 0.15) is 49.5 Å². The van der Waals surface area contributed by atoms with Crippen molar-refractivity contribution in [3.63, 3.8) is 0 Å². The SMILES string of the molecule is O=C(CC12CC(n3cnc(-c4ccc(C(F)(F)F)nc4)c3)(C1)C2)[C@@H]1C[C@H](O)c2cc(Cl)ccc2O1. The summed E-state index contributed by atoms with van der Waals surface area (Å²) in [7, 11) is 0. The fraction of sp³-hybridized carbons (Fsp3) is 0.400. The Balaban J connectivity index is 1.09. The van der Waals surface area contributed by atoms with Gasteiger partial charge < -0.3 is 14.4 Å². The van der Waals surface area contributed by atoms with Crippen LogP contribution >= 0.6 is 11.6 Å². The van der Waals surface area contributed by atoms with Gasteiger partial charge in [0.2, 0.25) is 0 Å². The first-order valence-corrected chi connectivity index (χ1v) is 11.7. The van der Waals surface area contributed by atoms with Crippen LogP contribution in [0.2, 0.25) is 5.02 Å². The van der Waals surface area contributed by atoms with E-state index in [0.29, 0.717) is 34.0 Å². The summed E-state index contributed by atoms with van der Waals surface area (Å²) in [4.78, 5) is 20.9. The predicted octanol–water partition coefficient (Wildman–Crippen LogP) is 5.34. The Labute approximate surface area is 203 Å². The van der Waals surface area contributed by atoms with Crippen molar-refractivity contribution in [3.05, 3.63) is 65.3 Å². The number of nitrogens with zero attached hydrogens (tertiary/aromatic N) is 3. The number of ketones is 1. The number of halogens is 4. The lowest BCUT2D eigenvalue weighted by molar-refractivity contribution is -0.195. The number of alkyl halides is 3. The lowest BCUT2D eigenvalue weighted by Gasteiger charge is -2.71. The average Bonchev–Trinajstić information content (AvgIpc) is 3.25. The molecule has 0 radical (unpaired) electrons. The largest absolute Gasteiger partial charge is 0.482 e. The van der Waals surface area contributed by atoms with Crippen LogP contribution in [0.5, 0.6) is 5.75 Å². The molecule has 0 spiro atoms. The monoisotopic (exact) mass is 503 g/mol. The molecule has 7 rings (SSSR count). The number of imidazole rings is 1. The Morgan fingerprint density at radius 3 is 2.66 bits per heavy atom. The van der Waals surface area contributed by atoms with Gasteiger partial charge >= 0.3 is 6.18 Å². The maximum absolute atomic E-state index is 13.0. The van der Waals surface area contributed by atoms with Gasteiger partial charge in [-0.05, 0) is 55.0 Å². The van der Waals surface area contributed by atoms with Crippen molar-refractivity contribution in [3.8, 4) is 17.0 Å². The van der Waals surface area contributed by atoms with Crippen molar-refractivity contribution in [2.24, 2.45) is 5.41 Å². The van der Waals surface area contributed by atoms with Gasteiger partial charge in [0.05, 0.1) is 18.1 Å². The van der Waals surface area contributed by atoms with E-state index >= 15 is 0 Å². The number of hydrogen-bond donors (Lipinski definition) is 1. The molecule has 6 nitrogen and oxygen atoms in total. The fourth-order valence-electron chi connectivity index (χ4n) is 5.94. The summed E-state index contributed by atoms with van der Waals surface area (Å²) in [5.74, 6) is 0.476. The molecular formula is C25H21ClF3N3O3. The first-order chi connectivity index (χ1) is 16.6. The number of ether oxygens (including phenoxy) is 1. The first kappa shape index (κ1) is 22.5. The van der Waals surface area contributed by atoms with Crippen LogP contribution in [0.3, 0.4) is 0 Å². The van der Waals surface area contributed by atoms with Crippen LogP contribution in [0.4, 0.5) is 13.2 Å². The quantitative estimate of drug-likeness (QED) is 0.508. The van der Waals surface area contributed by atoms with Gasteiger partial charge in [0, 0.05) is 46.9 Å². The maximum atomic E-state index is 13.0.